The minimum atomic E-state index is -0.173. The van der Waals surface area contributed by atoms with E-state index in [0.29, 0.717) is 5.57 Å². The molecule has 0 unspecified atom stereocenters. The van der Waals surface area contributed by atoms with Gasteiger partial charge in [0, 0.05) is 17.4 Å². The number of hydrogen-bond acceptors (Lipinski definition) is 3. The molecule has 2 aromatic carbocycles. The monoisotopic (exact) mass is 282 g/mol. The molecule has 0 bridgehead atoms. The number of benzene rings is 2. The minimum absolute atomic E-state index is 0.0610. The Morgan fingerprint density at radius 3 is 2.40 bits per heavy atom. The van der Waals surface area contributed by atoms with Gasteiger partial charge >= 0.3 is 0 Å². The Kier molecular flexibility index (Phi) is 4.20. The molecule has 0 aromatic heterocycles. The summed E-state index contributed by atoms with van der Waals surface area (Å²) in [6.45, 7) is 8.80. The fraction of sp³-hybridized carbons (Fsp3) is 0.0588. The first-order chi connectivity index (χ1) is 9.51. The van der Waals surface area contributed by atoms with Gasteiger partial charge in [-0.1, -0.05) is 43.1 Å². The van der Waals surface area contributed by atoms with E-state index in [1.54, 1.807) is 6.92 Å². The summed E-state index contributed by atoms with van der Waals surface area (Å²) in [6, 6.07) is 11.5. The van der Waals surface area contributed by atoms with E-state index in [1.165, 1.54) is 17.8 Å². The molecule has 0 saturated heterocycles. The number of ketones is 1. The minimum Gasteiger partial charge on any atom is -0.289 e. The molecule has 0 fully saturated rings. The third-order valence-electron chi connectivity index (χ3n) is 2.90. The second-order valence-electron chi connectivity index (χ2n) is 4.36. The molecule has 0 N–H and O–H groups in total. The molecule has 0 aliphatic carbocycles. The Morgan fingerprint density at radius 2 is 1.75 bits per heavy atom. The molecular formula is C17H14O2S. The molecule has 2 aromatic rings. The summed E-state index contributed by atoms with van der Waals surface area (Å²) < 4.78 is 0. The molecule has 100 valence electrons. The summed E-state index contributed by atoms with van der Waals surface area (Å²) in [5.74, 6) is -0.173. The average Bonchev–Trinajstić information content (AvgIpc) is 2.44. The lowest BCUT2D eigenvalue weighted by molar-refractivity contribution is -0.110. The summed E-state index contributed by atoms with van der Waals surface area (Å²) in [5.41, 5.74) is 1.22. The van der Waals surface area contributed by atoms with Crippen molar-refractivity contribution in [2.45, 2.75) is 11.8 Å². The lowest BCUT2D eigenvalue weighted by atomic mass is 10.00. The average molecular weight is 282 g/mol. The normalized spacial score (nSPS) is 10.2. The van der Waals surface area contributed by atoms with Crippen molar-refractivity contribution in [3.05, 3.63) is 61.2 Å². The fourth-order valence-corrected chi connectivity index (χ4v) is 2.56. The largest absolute Gasteiger partial charge is 0.289 e. The van der Waals surface area contributed by atoms with Crippen LogP contribution in [0.15, 0.2) is 60.5 Å². The van der Waals surface area contributed by atoms with Gasteiger partial charge < -0.3 is 0 Å². The topological polar surface area (TPSA) is 34.1 Å². The zero-order valence-corrected chi connectivity index (χ0v) is 12.0. The standard InChI is InChI=1S/C17H14O2S/c1-4-17(19)11(2)13-5-6-15-10-16(20-12(3)18)8-7-14(15)9-13/h4-10H,1-2H2,3H3. The van der Waals surface area contributed by atoms with Crippen LogP contribution in [0.3, 0.4) is 0 Å². The van der Waals surface area contributed by atoms with Gasteiger partial charge in [-0.05, 0) is 40.6 Å². The van der Waals surface area contributed by atoms with Crippen LogP contribution in [-0.2, 0) is 9.59 Å². The Labute approximate surface area is 122 Å². The van der Waals surface area contributed by atoms with E-state index in [1.807, 2.05) is 36.4 Å². The lowest BCUT2D eigenvalue weighted by Crippen LogP contribution is -1.95. The van der Waals surface area contributed by atoms with Crippen LogP contribution in [0.2, 0.25) is 0 Å². The van der Waals surface area contributed by atoms with E-state index in [2.05, 4.69) is 13.2 Å². The van der Waals surface area contributed by atoms with Crippen molar-refractivity contribution in [1.29, 1.82) is 0 Å². The van der Waals surface area contributed by atoms with Gasteiger partial charge in [0.2, 0.25) is 0 Å². The number of fused-ring (bicyclic) bond motifs is 1. The predicted molar refractivity (Wildman–Crippen MR) is 84.7 cm³/mol. The van der Waals surface area contributed by atoms with Gasteiger partial charge in [0.1, 0.15) is 0 Å². The molecule has 2 nitrogen and oxygen atoms in total. The fourth-order valence-electron chi connectivity index (χ4n) is 1.91. The van der Waals surface area contributed by atoms with E-state index < -0.39 is 0 Å². The third-order valence-corrected chi connectivity index (χ3v) is 3.68. The SMILES string of the molecule is C=CC(=O)C(=C)c1ccc2cc(SC(C)=O)ccc2c1. The number of thioether (sulfide) groups is 1. The number of rotatable bonds is 4. The van der Waals surface area contributed by atoms with Gasteiger partial charge in [-0.3, -0.25) is 9.59 Å². The predicted octanol–water partition coefficient (Wildman–Crippen LogP) is 4.25. The second-order valence-corrected chi connectivity index (χ2v) is 5.61. The highest BCUT2D eigenvalue weighted by Gasteiger charge is 2.07. The molecule has 0 atom stereocenters. The van der Waals surface area contributed by atoms with Gasteiger partial charge in [-0.25, -0.2) is 0 Å². The number of allylic oxidation sites excluding steroid dienone is 2. The van der Waals surface area contributed by atoms with Gasteiger partial charge in [-0.2, -0.15) is 0 Å². The van der Waals surface area contributed by atoms with Gasteiger partial charge in [0.15, 0.2) is 10.9 Å². The van der Waals surface area contributed by atoms with E-state index in [0.717, 1.165) is 21.2 Å². The Balaban J connectivity index is 2.41. The van der Waals surface area contributed by atoms with Crippen LogP contribution in [0.4, 0.5) is 0 Å². The molecule has 0 aliphatic rings. The molecule has 0 heterocycles. The van der Waals surface area contributed by atoms with Crippen LogP contribution in [0, 0.1) is 0 Å². The Hall–Kier alpha value is -2.13. The van der Waals surface area contributed by atoms with E-state index in [4.69, 9.17) is 0 Å². The van der Waals surface area contributed by atoms with Crippen LogP contribution in [0.1, 0.15) is 12.5 Å². The zero-order valence-electron chi connectivity index (χ0n) is 11.2. The lowest BCUT2D eigenvalue weighted by Gasteiger charge is -2.06. The van der Waals surface area contributed by atoms with Crippen molar-refractivity contribution in [3.8, 4) is 0 Å². The van der Waals surface area contributed by atoms with Crippen LogP contribution >= 0.6 is 11.8 Å². The molecule has 0 amide bonds. The first-order valence-electron chi connectivity index (χ1n) is 6.09. The van der Waals surface area contributed by atoms with Crippen molar-refractivity contribution >= 4 is 39.0 Å². The highest BCUT2D eigenvalue weighted by Crippen LogP contribution is 2.26. The Morgan fingerprint density at radius 1 is 1.10 bits per heavy atom. The molecule has 2 rings (SSSR count). The quantitative estimate of drug-likeness (QED) is 0.621. The number of carbonyl (C=O) groups excluding carboxylic acids is 2. The number of carbonyl (C=O) groups is 2. The van der Waals surface area contributed by atoms with E-state index in [9.17, 15) is 9.59 Å². The van der Waals surface area contributed by atoms with Crippen LogP contribution in [-0.4, -0.2) is 10.9 Å². The molecule has 3 heteroatoms. The molecular weight excluding hydrogens is 268 g/mol. The van der Waals surface area contributed by atoms with Crippen molar-refractivity contribution in [2.24, 2.45) is 0 Å². The number of hydrogen-bond donors (Lipinski definition) is 0. The van der Waals surface area contributed by atoms with Gasteiger partial charge in [0.05, 0.1) is 0 Å². The first kappa shape index (κ1) is 14.3. The summed E-state index contributed by atoms with van der Waals surface area (Å²) >= 11 is 1.21. The molecule has 20 heavy (non-hydrogen) atoms. The maximum atomic E-state index is 11.6. The second kappa shape index (κ2) is 5.88. The van der Waals surface area contributed by atoms with Crippen LogP contribution in [0.25, 0.3) is 16.3 Å². The van der Waals surface area contributed by atoms with Crippen LogP contribution < -0.4 is 0 Å². The van der Waals surface area contributed by atoms with Crippen molar-refractivity contribution in [1.82, 2.24) is 0 Å². The maximum Gasteiger partial charge on any atom is 0.190 e. The zero-order chi connectivity index (χ0) is 14.7. The van der Waals surface area contributed by atoms with E-state index in [-0.39, 0.29) is 10.9 Å². The van der Waals surface area contributed by atoms with Gasteiger partial charge in [0.25, 0.3) is 0 Å². The molecule has 0 spiro atoms. The van der Waals surface area contributed by atoms with Crippen molar-refractivity contribution < 1.29 is 9.59 Å². The van der Waals surface area contributed by atoms with Gasteiger partial charge in [-0.15, -0.1) is 0 Å². The van der Waals surface area contributed by atoms with Crippen molar-refractivity contribution in [2.75, 3.05) is 0 Å². The molecule has 0 saturated carbocycles. The summed E-state index contributed by atoms with van der Waals surface area (Å²) in [6.07, 6.45) is 1.26. The Bertz CT molecular complexity index is 729. The highest BCUT2D eigenvalue weighted by atomic mass is 32.2. The molecule has 0 radical (unpaired) electrons. The highest BCUT2D eigenvalue weighted by molar-refractivity contribution is 8.13. The molecule has 0 aliphatic heterocycles. The summed E-state index contributed by atoms with van der Waals surface area (Å²) in [7, 11) is 0. The maximum absolute atomic E-state index is 11.6. The van der Waals surface area contributed by atoms with E-state index >= 15 is 0 Å². The van der Waals surface area contributed by atoms with Crippen LogP contribution in [0.5, 0.6) is 0 Å². The summed E-state index contributed by atoms with van der Waals surface area (Å²) in [4.78, 5) is 23.6. The first-order valence-corrected chi connectivity index (χ1v) is 6.91. The third kappa shape index (κ3) is 3.06. The summed E-state index contributed by atoms with van der Waals surface area (Å²) in [5, 5.41) is 2.10. The van der Waals surface area contributed by atoms with Crippen molar-refractivity contribution in [3.63, 3.8) is 0 Å². The smallest absolute Gasteiger partial charge is 0.190 e.